The Morgan fingerprint density at radius 1 is 1.50 bits per heavy atom. The number of methoxy groups -OCH3 is 2. The molecule has 110 valence electrons. The monoisotopic (exact) mass is 282 g/mol. The largest absolute Gasteiger partial charge is 0.469 e. The molecule has 2 atom stereocenters. The molecule has 0 radical (unpaired) electrons. The molecule has 1 aromatic rings. The fourth-order valence-electron chi connectivity index (χ4n) is 2.66. The number of esters is 1. The van der Waals surface area contributed by atoms with Gasteiger partial charge in [0.1, 0.15) is 0 Å². The molecule has 6 heteroatoms. The second kappa shape index (κ2) is 6.76. The third-order valence-electron chi connectivity index (χ3n) is 3.69. The summed E-state index contributed by atoms with van der Waals surface area (Å²) >= 11 is 0. The van der Waals surface area contributed by atoms with Gasteiger partial charge in [-0.3, -0.25) is 9.69 Å². The van der Waals surface area contributed by atoms with Crippen LogP contribution in [0.3, 0.4) is 0 Å². The summed E-state index contributed by atoms with van der Waals surface area (Å²) in [6.07, 6.45) is 1.43. The van der Waals surface area contributed by atoms with Crippen molar-refractivity contribution < 1.29 is 18.7 Å². The molecule has 1 fully saturated rings. The summed E-state index contributed by atoms with van der Waals surface area (Å²) in [5.74, 6) is -1.14. The third kappa shape index (κ3) is 3.32. The summed E-state index contributed by atoms with van der Waals surface area (Å²) in [4.78, 5) is 17.6. The quantitative estimate of drug-likeness (QED) is 0.597. The summed E-state index contributed by atoms with van der Waals surface area (Å²) in [6, 6.07) is 3.14. The first kappa shape index (κ1) is 14.9. The lowest BCUT2D eigenvalue weighted by molar-refractivity contribution is -0.145. The van der Waals surface area contributed by atoms with Gasteiger partial charge >= 0.3 is 5.97 Å². The Balaban J connectivity index is 2.17. The molecule has 0 aromatic carbocycles. The number of carbonyl (C=O) groups excluding carboxylic acids is 1. The van der Waals surface area contributed by atoms with E-state index in [1.807, 2.05) is 0 Å². The fourth-order valence-corrected chi connectivity index (χ4v) is 2.66. The molecular formula is C14H19FN2O3. The maximum atomic E-state index is 13.3. The summed E-state index contributed by atoms with van der Waals surface area (Å²) in [5, 5.41) is 0. The Hall–Kier alpha value is -1.53. The molecule has 1 aliphatic heterocycles. The van der Waals surface area contributed by atoms with Gasteiger partial charge in [-0.05, 0) is 17.7 Å². The number of nitrogens with zero attached hydrogens (tertiary/aromatic N) is 2. The van der Waals surface area contributed by atoms with Crippen LogP contribution in [-0.2, 0) is 14.3 Å². The average Bonchev–Trinajstić information content (AvgIpc) is 2.88. The average molecular weight is 282 g/mol. The maximum Gasteiger partial charge on any atom is 0.310 e. The molecule has 0 amide bonds. The van der Waals surface area contributed by atoms with Crippen molar-refractivity contribution in [2.24, 2.45) is 5.92 Å². The molecule has 1 aliphatic rings. The van der Waals surface area contributed by atoms with Crippen LogP contribution in [0.1, 0.15) is 11.5 Å². The van der Waals surface area contributed by atoms with Crippen LogP contribution in [0, 0.1) is 11.9 Å². The molecule has 0 unspecified atom stereocenters. The third-order valence-corrected chi connectivity index (χ3v) is 3.69. The van der Waals surface area contributed by atoms with E-state index < -0.39 is 5.95 Å². The van der Waals surface area contributed by atoms with Crippen LogP contribution >= 0.6 is 0 Å². The first-order valence-electron chi connectivity index (χ1n) is 6.56. The number of ether oxygens (including phenoxy) is 2. The number of pyridine rings is 1. The molecular weight excluding hydrogens is 263 g/mol. The Morgan fingerprint density at radius 3 is 2.95 bits per heavy atom. The van der Waals surface area contributed by atoms with Crippen molar-refractivity contribution in [3.8, 4) is 0 Å². The second-order valence-electron chi connectivity index (χ2n) is 4.90. The number of aromatic nitrogens is 1. The van der Waals surface area contributed by atoms with Crippen LogP contribution in [0.15, 0.2) is 18.3 Å². The molecule has 0 spiro atoms. The van der Waals surface area contributed by atoms with Gasteiger partial charge in [0.25, 0.3) is 0 Å². The topological polar surface area (TPSA) is 51.7 Å². The van der Waals surface area contributed by atoms with Gasteiger partial charge in [0.2, 0.25) is 5.95 Å². The highest BCUT2D eigenvalue weighted by Crippen LogP contribution is 2.33. The minimum Gasteiger partial charge on any atom is -0.469 e. The Labute approximate surface area is 117 Å². The number of rotatable bonds is 5. The number of likely N-dealkylation sites (tertiary alicyclic amines) is 1. The van der Waals surface area contributed by atoms with Crippen molar-refractivity contribution in [2.75, 3.05) is 40.5 Å². The zero-order valence-electron chi connectivity index (χ0n) is 11.7. The minimum absolute atomic E-state index is 0.0724. The van der Waals surface area contributed by atoms with E-state index in [9.17, 15) is 9.18 Å². The lowest BCUT2D eigenvalue weighted by Crippen LogP contribution is -2.27. The van der Waals surface area contributed by atoms with Gasteiger partial charge in [-0.15, -0.1) is 0 Å². The molecule has 20 heavy (non-hydrogen) atoms. The van der Waals surface area contributed by atoms with E-state index >= 15 is 0 Å². The highest BCUT2D eigenvalue weighted by Gasteiger charge is 2.39. The minimum atomic E-state index is -0.526. The van der Waals surface area contributed by atoms with Gasteiger partial charge in [0, 0.05) is 38.9 Å². The molecule has 0 bridgehead atoms. The van der Waals surface area contributed by atoms with Gasteiger partial charge in [0.05, 0.1) is 19.6 Å². The first-order valence-corrected chi connectivity index (χ1v) is 6.56. The van der Waals surface area contributed by atoms with Gasteiger partial charge < -0.3 is 9.47 Å². The SMILES string of the molecule is COCCN1C[C@@H](C(=O)OC)[C@H](c2ccnc(F)c2)C1. The summed E-state index contributed by atoms with van der Waals surface area (Å²) < 4.78 is 23.2. The molecule has 2 heterocycles. The van der Waals surface area contributed by atoms with Crippen molar-refractivity contribution in [3.63, 3.8) is 0 Å². The summed E-state index contributed by atoms with van der Waals surface area (Å²) in [5.41, 5.74) is 0.785. The van der Waals surface area contributed by atoms with E-state index in [-0.39, 0.29) is 17.8 Å². The smallest absolute Gasteiger partial charge is 0.310 e. The fraction of sp³-hybridized carbons (Fsp3) is 0.571. The van der Waals surface area contributed by atoms with Gasteiger partial charge in [-0.2, -0.15) is 4.39 Å². The predicted octanol–water partition coefficient (Wildman–Crippen LogP) is 1.06. The molecule has 0 aliphatic carbocycles. The number of hydrogen-bond donors (Lipinski definition) is 0. The van der Waals surface area contributed by atoms with E-state index in [1.54, 1.807) is 13.2 Å². The molecule has 2 rings (SSSR count). The molecule has 5 nitrogen and oxygen atoms in total. The number of carbonyl (C=O) groups is 1. The van der Waals surface area contributed by atoms with Crippen LogP contribution in [0.25, 0.3) is 0 Å². The van der Waals surface area contributed by atoms with Crippen molar-refractivity contribution in [3.05, 3.63) is 29.8 Å². The van der Waals surface area contributed by atoms with E-state index in [2.05, 4.69) is 9.88 Å². The van der Waals surface area contributed by atoms with E-state index in [4.69, 9.17) is 9.47 Å². The lowest BCUT2D eigenvalue weighted by Gasteiger charge is -2.16. The van der Waals surface area contributed by atoms with Crippen molar-refractivity contribution >= 4 is 5.97 Å². The van der Waals surface area contributed by atoms with Gasteiger partial charge in [0.15, 0.2) is 0 Å². The lowest BCUT2D eigenvalue weighted by atomic mass is 9.89. The maximum absolute atomic E-state index is 13.3. The van der Waals surface area contributed by atoms with Crippen molar-refractivity contribution in [2.45, 2.75) is 5.92 Å². The Kier molecular flexibility index (Phi) is 5.03. The van der Waals surface area contributed by atoms with Gasteiger partial charge in [-0.25, -0.2) is 4.98 Å². The zero-order valence-corrected chi connectivity index (χ0v) is 11.7. The predicted molar refractivity (Wildman–Crippen MR) is 70.8 cm³/mol. The van der Waals surface area contributed by atoms with Crippen LogP contribution in [0.4, 0.5) is 4.39 Å². The normalized spacial score (nSPS) is 22.9. The number of hydrogen-bond acceptors (Lipinski definition) is 5. The Morgan fingerprint density at radius 2 is 2.30 bits per heavy atom. The van der Waals surface area contributed by atoms with Crippen LogP contribution in [0.2, 0.25) is 0 Å². The van der Waals surface area contributed by atoms with Crippen LogP contribution < -0.4 is 0 Å². The van der Waals surface area contributed by atoms with Crippen LogP contribution in [0.5, 0.6) is 0 Å². The van der Waals surface area contributed by atoms with Crippen molar-refractivity contribution in [1.29, 1.82) is 0 Å². The molecule has 1 saturated heterocycles. The molecule has 0 N–H and O–H groups in total. The zero-order chi connectivity index (χ0) is 14.5. The number of halogens is 1. The first-order chi connectivity index (χ1) is 9.65. The van der Waals surface area contributed by atoms with Gasteiger partial charge in [-0.1, -0.05) is 0 Å². The van der Waals surface area contributed by atoms with E-state index in [0.29, 0.717) is 19.7 Å². The Bertz CT molecular complexity index is 469. The van der Waals surface area contributed by atoms with E-state index in [1.165, 1.54) is 19.4 Å². The molecule has 1 aromatic heterocycles. The standard InChI is InChI=1S/C14H19FN2O3/c1-19-6-5-17-8-11(12(9-17)14(18)20-2)10-3-4-16-13(15)7-10/h3-4,7,11-12H,5-6,8-9H2,1-2H3/t11-,12+/m0/s1. The summed E-state index contributed by atoms with van der Waals surface area (Å²) in [7, 11) is 3.02. The molecule has 0 saturated carbocycles. The van der Waals surface area contributed by atoms with Crippen LogP contribution in [-0.4, -0.2) is 56.3 Å². The van der Waals surface area contributed by atoms with Crippen molar-refractivity contribution in [1.82, 2.24) is 9.88 Å². The highest BCUT2D eigenvalue weighted by molar-refractivity contribution is 5.74. The second-order valence-corrected chi connectivity index (χ2v) is 4.90. The highest BCUT2D eigenvalue weighted by atomic mass is 19.1. The summed E-state index contributed by atoms with van der Waals surface area (Å²) in [6.45, 7) is 2.64. The van der Waals surface area contributed by atoms with E-state index in [0.717, 1.165) is 12.1 Å².